The van der Waals surface area contributed by atoms with Gasteiger partial charge in [-0.15, -0.1) is 0 Å². The van der Waals surface area contributed by atoms with E-state index in [1.165, 1.54) is 0 Å². The molecule has 2 bridgehead atoms. The molecule has 4 nitrogen and oxygen atoms in total. The molecule has 4 heteroatoms. The number of carbonyl (C=O) groups is 1. The SMILES string of the molecule is CN(C)CCO[C@H]1C[C@H]2CC[C@@H](C1)N2C=O. The summed E-state index contributed by atoms with van der Waals surface area (Å²) in [5.41, 5.74) is 0. The van der Waals surface area contributed by atoms with Gasteiger partial charge in [-0.25, -0.2) is 0 Å². The first-order valence-corrected chi connectivity index (χ1v) is 6.19. The standard InChI is InChI=1S/C12H22N2O2/c1-13(2)5-6-16-12-7-10-3-4-11(8-12)14(10)9-15/h9-12H,3-8H2,1-2H3/t10-,11+,12+. The van der Waals surface area contributed by atoms with Crippen LogP contribution in [0.1, 0.15) is 25.7 Å². The van der Waals surface area contributed by atoms with Gasteiger partial charge in [0.15, 0.2) is 0 Å². The zero-order valence-corrected chi connectivity index (χ0v) is 10.3. The highest BCUT2D eigenvalue weighted by Gasteiger charge is 2.40. The van der Waals surface area contributed by atoms with Crippen LogP contribution in [0.15, 0.2) is 0 Å². The van der Waals surface area contributed by atoms with Gasteiger partial charge in [0.1, 0.15) is 0 Å². The summed E-state index contributed by atoms with van der Waals surface area (Å²) < 4.78 is 5.88. The molecule has 0 aromatic carbocycles. The Hall–Kier alpha value is -0.610. The summed E-state index contributed by atoms with van der Waals surface area (Å²) in [5.74, 6) is 0. The smallest absolute Gasteiger partial charge is 0.210 e. The maximum atomic E-state index is 10.9. The minimum Gasteiger partial charge on any atom is -0.377 e. The van der Waals surface area contributed by atoms with Gasteiger partial charge in [-0.1, -0.05) is 0 Å². The van der Waals surface area contributed by atoms with Crippen LogP contribution in [0.4, 0.5) is 0 Å². The monoisotopic (exact) mass is 226 g/mol. The first kappa shape index (κ1) is 11.9. The third-order valence-corrected chi connectivity index (χ3v) is 3.76. The fourth-order valence-electron chi connectivity index (χ4n) is 2.87. The van der Waals surface area contributed by atoms with Gasteiger partial charge >= 0.3 is 0 Å². The molecule has 3 atom stereocenters. The third-order valence-electron chi connectivity index (χ3n) is 3.76. The summed E-state index contributed by atoms with van der Waals surface area (Å²) in [5, 5.41) is 0. The highest BCUT2D eigenvalue weighted by molar-refractivity contribution is 5.49. The van der Waals surface area contributed by atoms with E-state index in [1.807, 2.05) is 4.90 Å². The van der Waals surface area contributed by atoms with Crippen molar-refractivity contribution in [2.45, 2.75) is 43.9 Å². The van der Waals surface area contributed by atoms with Crippen LogP contribution in [0, 0.1) is 0 Å². The number of piperidine rings is 1. The first-order valence-electron chi connectivity index (χ1n) is 6.19. The lowest BCUT2D eigenvalue weighted by Gasteiger charge is -2.36. The van der Waals surface area contributed by atoms with Crippen molar-refractivity contribution in [2.24, 2.45) is 0 Å². The zero-order valence-electron chi connectivity index (χ0n) is 10.3. The van der Waals surface area contributed by atoms with Crippen LogP contribution in [0.2, 0.25) is 0 Å². The van der Waals surface area contributed by atoms with Crippen LogP contribution in [0.25, 0.3) is 0 Å². The Morgan fingerprint density at radius 2 is 1.94 bits per heavy atom. The molecule has 2 aliphatic heterocycles. The summed E-state index contributed by atoms with van der Waals surface area (Å²) in [7, 11) is 4.12. The number of rotatable bonds is 5. The Bertz CT molecular complexity index is 231. The lowest BCUT2D eigenvalue weighted by atomic mass is 10.0. The second-order valence-electron chi connectivity index (χ2n) is 5.21. The van der Waals surface area contributed by atoms with E-state index in [0.29, 0.717) is 18.2 Å². The van der Waals surface area contributed by atoms with Crippen molar-refractivity contribution in [3.63, 3.8) is 0 Å². The molecule has 2 aliphatic rings. The number of hydrogen-bond acceptors (Lipinski definition) is 3. The van der Waals surface area contributed by atoms with Crippen molar-refractivity contribution in [2.75, 3.05) is 27.2 Å². The molecule has 0 aliphatic carbocycles. The van der Waals surface area contributed by atoms with Crippen molar-refractivity contribution in [3.8, 4) is 0 Å². The van der Waals surface area contributed by atoms with E-state index in [2.05, 4.69) is 19.0 Å². The number of ether oxygens (including phenoxy) is 1. The van der Waals surface area contributed by atoms with Gasteiger partial charge < -0.3 is 14.5 Å². The molecule has 0 spiro atoms. The quantitative estimate of drug-likeness (QED) is 0.647. The number of carbonyl (C=O) groups excluding carboxylic acids is 1. The minimum atomic E-state index is 0.369. The second-order valence-corrected chi connectivity index (χ2v) is 5.21. The van der Waals surface area contributed by atoms with Crippen LogP contribution < -0.4 is 0 Å². The van der Waals surface area contributed by atoms with E-state index in [0.717, 1.165) is 45.2 Å². The Labute approximate surface area is 97.5 Å². The largest absolute Gasteiger partial charge is 0.377 e. The Kier molecular flexibility index (Phi) is 3.82. The number of likely N-dealkylation sites (N-methyl/N-ethyl adjacent to an activating group) is 1. The van der Waals surface area contributed by atoms with Crippen molar-refractivity contribution in [1.29, 1.82) is 0 Å². The number of hydrogen-bond donors (Lipinski definition) is 0. The molecular weight excluding hydrogens is 204 g/mol. The Morgan fingerprint density at radius 3 is 2.44 bits per heavy atom. The van der Waals surface area contributed by atoms with Crippen molar-refractivity contribution >= 4 is 6.41 Å². The molecule has 92 valence electrons. The van der Waals surface area contributed by atoms with Gasteiger partial charge in [0.2, 0.25) is 6.41 Å². The molecule has 2 heterocycles. The average molecular weight is 226 g/mol. The number of amides is 1. The van der Waals surface area contributed by atoms with E-state index in [9.17, 15) is 4.79 Å². The molecule has 1 amide bonds. The molecule has 2 saturated heterocycles. The molecule has 0 radical (unpaired) electrons. The summed E-state index contributed by atoms with van der Waals surface area (Å²) in [6, 6.07) is 0.890. The summed E-state index contributed by atoms with van der Waals surface area (Å²) >= 11 is 0. The van der Waals surface area contributed by atoms with E-state index >= 15 is 0 Å². The molecule has 2 rings (SSSR count). The van der Waals surface area contributed by atoms with Gasteiger partial charge in [-0.05, 0) is 39.8 Å². The molecule has 16 heavy (non-hydrogen) atoms. The van der Waals surface area contributed by atoms with Crippen LogP contribution in [-0.2, 0) is 9.53 Å². The molecule has 0 unspecified atom stereocenters. The predicted octanol–water partition coefficient (Wildman–Crippen LogP) is 0.716. The number of fused-ring (bicyclic) bond motifs is 2. The summed E-state index contributed by atoms with van der Waals surface area (Å²) in [4.78, 5) is 15.0. The Balaban J connectivity index is 1.77. The topological polar surface area (TPSA) is 32.8 Å². The predicted molar refractivity (Wildman–Crippen MR) is 62.2 cm³/mol. The van der Waals surface area contributed by atoms with Crippen molar-refractivity contribution in [1.82, 2.24) is 9.80 Å². The van der Waals surface area contributed by atoms with Crippen molar-refractivity contribution in [3.05, 3.63) is 0 Å². The van der Waals surface area contributed by atoms with Crippen LogP contribution in [0.3, 0.4) is 0 Å². The lowest BCUT2D eigenvalue weighted by molar-refractivity contribution is -0.125. The molecule has 2 fully saturated rings. The van der Waals surface area contributed by atoms with Crippen LogP contribution >= 0.6 is 0 Å². The molecule has 0 N–H and O–H groups in total. The molecule has 0 aromatic heterocycles. The maximum absolute atomic E-state index is 10.9. The fourth-order valence-corrected chi connectivity index (χ4v) is 2.87. The van der Waals surface area contributed by atoms with Gasteiger partial charge in [-0.3, -0.25) is 4.79 Å². The van der Waals surface area contributed by atoms with Crippen LogP contribution in [-0.4, -0.2) is 61.6 Å². The highest BCUT2D eigenvalue weighted by atomic mass is 16.5. The van der Waals surface area contributed by atoms with Gasteiger partial charge in [0.25, 0.3) is 0 Å². The average Bonchev–Trinajstić information content (AvgIpc) is 2.48. The van der Waals surface area contributed by atoms with E-state index in [1.54, 1.807) is 0 Å². The second kappa shape index (κ2) is 5.15. The summed E-state index contributed by atoms with van der Waals surface area (Å²) in [6.45, 7) is 1.78. The fraction of sp³-hybridized carbons (Fsp3) is 0.917. The maximum Gasteiger partial charge on any atom is 0.210 e. The minimum absolute atomic E-state index is 0.369. The number of nitrogens with zero attached hydrogens (tertiary/aromatic N) is 2. The van der Waals surface area contributed by atoms with Crippen molar-refractivity contribution < 1.29 is 9.53 Å². The normalized spacial score (nSPS) is 33.4. The van der Waals surface area contributed by atoms with E-state index < -0.39 is 0 Å². The third kappa shape index (κ3) is 2.55. The molecular formula is C12H22N2O2. The molecule has 0 saturated carbocycles. The van der Waals surface area contributed by atoms with Gasteiger partial charge in [0.05, 0.1) is 12.7 Å². The van der Waals surface area contributed by atoms with E-state index in [-0.39, 0.29) is 0 Å². The first-order chi connectivity index (χ1) is 7.70. The van der Waals surface area contributed by atoms with Gasteiger partial charge in [0, 0.05) is 18.6 Å². The summed E-state index contributed by atoms with van der Waals surface area (Å²) in [6.07, 6.45) is 5.78. The van der Waals surface area contributed by atoms with Gasteiger partial charge in [-0.2, -0.15) is 0 Å². The molecule has 0 aromatic rings. The van der Waals surface area contributed by atoms with E-state index in [4.69, 9.17) is 4.74 Å². The zero-order chi connectivity index (χ0) is 11.5. The highest BCUT2D eigenvalue weighted by Crippen LogP contribution is 2.35. The van der Waals surface area contributed by atoms with Crippen LogP contribution in [0.5, 0.6) is 0 Å². The Morgan fingerprint density at radius 1 is 1.31 bits per heavy atom. The lowest BCUT2D eigenvalue weighted by Crippen LogP contribution is -2.44.